The van der Waals surface area contributed by atoms with Gasteiger partial charge in [0.15, 0.2) is 0 Å². The molecule has 0 fully saturated rings. The Labute approximate surface area is 219 Å². The highest BCUT2D eigenvalue weighted by Crippen LogP contribution is 2.14. The van der Waals surface area contributed by atoms with E-state index in [1.165, 1.54) is 128 Å². The molecule has 0 aliphatic heterocycles. The third-order valence-corrected chi connectivity index (χ3v) is 6.93. The average molecular weight is 499 g/mol. The summed E-state index contributed by atoms with van der Waals surface area (Å²) in [5.41, 5.74) is 0. The second-order valence-corrected chi connectivity index (χ2v) is 10.5. The topological polar surface area (TPSA) is 55.8 Å². The molecule has 210 valence electrons. The summed E-state index contributed by atoms with van der Waals surface area (Å²) in [5, 5.41) is 9.45. The van der Waals surface area contributed by atoms with Gasteiger partial charge >= 0.3 is 5.97 Å². The molecule has 0 aliphatic carbocycles. The lowest BCUT2D eigenvalue weighted by atomic mass is 10.0. The Morgan fingerprint density at radius 1 is 0.571 bits per heavy atom. The molecule has 0 saturated heterocycles. The molecule has 0 aromatic rings. The standard InChI is InChI=1S/C31H62O4/c1-3-5-7-9-11-12-13-14-15-16-17-18-19-20-22-24-26-31(33)35-30(28-32)29-34-27-25-23-21-10-8-6-4-2/h30,32H,3-29H2,1-2H3. The van der Waals surface area contributed by atoms with Crippen LogP contribution in [-0.4, -0.2) is 37.0 Å². The van der Waals surface area contributed by atoms with Crippen molar-refractivity contribution in [1.29, 1.82) is 0 Å². The molecule has 0 saturated carbocycles. The largest absolute Gasteiger partial charge is 0.457 e. The van der Waals surface area contributed by atoms with Gasteiger partial charge < -0.3 is 14.6 Å². The lowest BCUT2D eigenvalue weighted by Crippen LogP contribution is -2.27. The van der Waals surface area contributed by atoms with Crippen LogP contribution in [0.4, 0.5) is 0 Å². The fraction of sp³-hybridized carbons (Fsp3) is 0.968. The molecule has 1 N–H and O–H groups in total. The summed E-state index contributed by atoms with van der Waals surface area (Å²) in [4.78, 5) is 12.0. The summed E-state index contributed by atoms with van der Waals surface area (Å²) in [5.74, 6) is -0.200. The second-order valence-electron chi connectivity index (χ2n) is 10.5. The van der Waals surface area contributed by atoms with Crippen LogP contribution in [0.2, 0.25) is 0 Å². The fourth-order valence-corrected chi connectivity index (χ4v) is 4.56. The van der Waals surface area contributed by atoms with Crippen LogP contribution >= 0.6 is 0 Å². The number of hydrogen-bond acceptors (Lipinski definition) is 4. The van der Waals surface area contributed by atoms with Crippen LogP contribution in [0.1, 0.15) is 168 Å². The van der Waals surface area contributed by atoms with E-state index in [-0.39, 0.29) is 12.6 Å². The maximum Gasteiger partial charge on any atom is 0.306 e. The fourth-order valence-electron chi connectivity index (χ4n) is 4.56. The van der Waals surface area contributed by atoms with Crippen LogP contribution in [0, 0.1) is 0 Å². The van der Waals surface area contributed by atoms with Crippen LogP contribution < -0.4 is 0 Å². The number of rotatable bonds is 29. The molecule has 4 heteroatoms. The minimum absolute atomic E-state index is 0.165. The lowest BCUT2D eigenvalue weighted by Gasteiger charge is -2.15. The summed E-state index contributed by atoms with van der Waals surface area (Å²) < 4.78 is 11.0. The quantitative estimate of drug-likeness (QED) is 0.0824. The Balaban J connectivity index is 3.38. The van der Waals surface area contributed by atoms with Crippen molar-refractivity contribution in [3.8, 4) is 0 Å². The van der Waals surface area contributed by atoms with Crippen molar-refractivity contribution >= 4 is 5.97 Å². The third-order valence-electron chi connectivity index (χ3n) is 6.93. The van der Waals surface area contributed by atoms with Gasteiger partial charge in [0.1, 0.15) is 6.10 Å². The maximum atomic E-state index is 12.0. The molecular weight excluding hydrogens is 436 g/mol. The third kappa shape index (κ3) is 27.8. The van der Waals surface area contributed by atoms with Crippen LogP contribution in [0.5, 0.6) is 0 Å². The number of carbonyl (C=O) groups excluding carboxylic acids is 1. The van der Waals surface area contributed by atoms with Gasteiger partial charge in [-0.2, -0.15) is 0 Å². The zero-order chi connectivity index (χ0) is 25.7. The predicted molar refractivity (Wildman–Crippen MR) is 150 cm³/mol. The summed E-state index contributed by atoms with van der Waals surface area (Å²) in [7, 11) is 0. The number of esters is 1. The van der Waals surface area contributed by atoms with Crippen LogP contribution in [0.15, 0.2) is 0 Å². The molecule has 4 nitrogen and oxygen atoms in total. The van der Waals surface area contributed by atoms with Crippen LogP contribution in [0.3, 0.4) is 0 Å². The van der Waals surface area contributed by atoms with E-state index >= 15 is 0 Å². The van der Waals surface area contributed by atoms with Crippen molar-refractivity contribution in [2.45, 2.75) is 174 Å². The van der Waals surface area contributed by atoms with E-state index in [9.17, 15) is 9.90 Å². The Bertz CT molecular complexity index is 413. The summed E-state index contributed by atoms with van der Waals surface area (Å²) >= 11 is 0. The summed E-state index contributed by atoms with van der Waals surface area (Å²) in [6.07, 6.45) is 29.9. The van der Waals surface area contributed by atoms with Gasteiger partial charge in [0.25, 0.3) is 0 Å². The van der Waals surface area contributed by atoms with E-state index in [1.807, 2.05) is 0 Å². The molecule has 0 heterocycles. The van der Waals surface area contributed by atoms with Crippen molar-refractivity contribution in [2.75, 3.05) is 19.8 Å². The van der Waals surface area contributed by atoms with E-state index in [4.69, 9.17) is 9.47 Å². The van der Waals surface area contributed by atoms with Crippen molar-refractivity contribution in [1.82, 2.24) is 0 Å². The SMILES string of the molecule is CCCCCCCCCCCCCCCCCCC(=O)OC(CO)COCCCCCCCCC. The summed E-state index contributed by atoms with van der Waals surface area (Å²) in [6, 6.07) is 0. The minimum Gasteiger partial charge on any atom is -0.457 e. The molecular formula is C31H62O4. The van der Waals surface area contributed by atoms with Crippen LogP contribution in [-0.2, 0) is 14.3 Å². The van der Waals surface area contributed by atoms with E-state index in [2.05, 4.69) is 13.8 Å². The van der Waals surface area contributed by atoms with Crippen molar-refractivity contribution in [2.24, 2.45) is 0 Å². The first-order valence-corrected chi connectivity index (χ1v) is 15.6. The molecule has 0 amide bonds. The maximum absolute atomic E-state index is 12.0. The highest BCUT2D eigenvalue weighted by Gasteiger charge is 2.13. The van der Waals surface area contributed by atoms with E-state index < -0.39 is 6.10 Å². The number of carbonyl (C=O) groups is 1. The van der Waals surface area contributed by atoms with Gasteiger partial charge in [-0.05, 0) is 12.8 Å². The van der Waals surface area contributed by atoms with E-state index in [0.717, 1.165) is 19.3 Å². The number of ether oxygens (including phenoxy) is 2. The molecule has 0 radical (unpaired) electrons. The van der Waals surface area contributed by atoms with Gasteiger partial charge in [0.05, 0.1) is 13.2 Å². The van der Waals surface area contributed by atoms with Gasteiger partial charge in [0.2, 0.25) is 0 Å². The van der Waals surface area contributed by atoms with Gasteiger partial charge in [-0.15, -0.1) is 0 Å². The zero-order valence-electron chi connectivity index (χ0n) is 23.8. The van der Waals surface area contributed by atoms with Gasteiger partial charge in [-0.25, -0.2) is 0 Å². The number of aliphatic hydroxyl groups excluding tert-OH is 1. The molecule has 35 heavy (non-hydrogen) atoms. The highest BCUT2D eigenvalue weighted by molar-refractivity contribution is 5.69. The highest BCUT2D eigenvalue weighted by atomic mass is 16.6. The van der Waals surface area contributed by atoms with Crippen molar-refractivity contribution < 1.29 is 19.4 Å². The smallest absolute Gasteiger partial charge is 0.306 e. The molecule has 1 atom stereocenters. The molecule has 0 aliphatic rings. The van der Waals surface area contributed by atoms with Crippen molar-refractivity contribution in [3.63, 3.8) is 0 Å². The molecule has 0 bridgehead atoms. The van der Waals surface area contributed by atoms with E-state index in [1.54, 1.807) is 0 Å². The van der Waals surface area contributed by atoms with Gasteiger partial charge in [-0.1, -0.05) is 149 Å². The van der Waals surface area contributed by atoms with Gasteiger partial charge in [0, 0.05) is 13.0 Å². The molecule has 1 unspecified atom stereocenters. The Kier molecular flexibility index (Phi) is 29.1. The van der Waals surface area contributed by atoms with Gasteiger partial charge in [-0.3, -0.25) is 4.79 Å². The number of hydrogen-bond donors (Lipinski definition) is 1. The monoisotopic (exact) mass is 498 g/mol. The Morgan fingerprint density at radius 2 is 0.943 bits per heavy atom. The number of aliphatic hydroxyl groups is 1. The van der Waals surface area contributed by atoms with E-state index in [0.29, 0.717) is 19.6 Å². The summed E-state index contributed by atoms with van der Waals surface area (Å²) in [6.45, 7) is 5.33. The Morgan fingerprint density at radius 3 is 1.34 bits per heavy atom. The molecule has 0 aromatic carbocycles. The zero-order valence-corrected chi connectivity index (χ0v) is 23.8. The Hall–Kier alpha value is -0.610. The second kappa shape index (κ2) is 29.6. The average Bonchev–Trinajstić information content (AvgIpc) is 2.86. The first kappa shape index (κ1) is 34.4. The molecule has 0 spiro atoms. The molecule has 0 aromatic heterocycles. The van der Waals surface area contributed by atoms with Crippen LogP contribution in [0.25, 0.3) is 0 Å². The first-order chi connectivity index (χ1) is 17.2. The normalized spacial score (nSPS) is 12.2. The van der Waals surface area contributed by atoms with Crippen molar-refractivity contribution in [3.05, 3.63) is 0 Å². The first-order valence-electron chi connectivity index (χ1n) is 15.6. The predicted octanol–water partition coefficient (Wildman–Crippen LogP) is 9.31. The lowest BCUT2D eigenvalue weighted by molar-refractivity contribution is -0.154. The minimum atomic E-state index is -0.520. The number of unbranched alkanes of at least 4 members (excludes halogenated alkanes) is 21. The molecule has 0 rings (SSSR count).